The van der Waals surface area contributed by atoms with Crippen LogP contribution in [0.25, 0.3) is 0 Å². The van der Waals surface area contributed by atoms with Crippen LogP contribution in [-0.4, -0.2) is 31.2 Å². The Balaban J connectivity index is 1.52. The lowest BCUT2D eigenvalue weighted by Gasteiger charge is -2.17. The highest BCUT2D eigenvalue weighted by Gasteiger charge is 2.13. The van der Waals surface area contributed by atoms with Crippen LogP contribution in [0.2, 0.25) is 0 Å². The minimum absolute atomic E-state index is 0.236. The van der Waals surface area contributed by atoms with Gasteiger partial charge in [-0.15, -0.1) is 0 Å². The van der Waals surface area contributed by atoms with E-state index >= 15 is 0 Å². The Hall–Kier alpha value is -2.76. The van der Waals surface area contributed by atoms with Crippen LogP contribution in [0, 0.1) is 0 Å². The summed E-state index contributed by atoms with van der Waals surface area (Å²) in [6.07, 6.45) is 4.23. The summed E-state index contributed by atoms with van der Waals surface area (Å²) in [6.45, 7) is 2.58. The lowest BCUT2D eigenvalue weighted by molar-refractivity contribution is 0.251. The van der Waals surface area contributed by atoms with E-state index in [1.807, 2.05) is 12.1 Å². The fraction of sp³-hybridized carbons (Fsp3) is 0.333. The molecule has 1 saturated heterocycles. The topological polar surface area (TPSA) is 66.5 Å². The average molecular weight is 326 g/mol. The van der Waals surface area contributed by atoms with E-state index < -0.39 is 0 Å². The number of rotatable bonds is 5. The van der Waals surface area contributed by atoms with Crippen molar-refractivity contribution in [2.45, 2.75) is 19.4 Å². The van der Waals surface area contributed by atoms with Gasteiger partial charge < -0.3 is 20.3 Å². The number of benzene rings is 1. The molecule has 2 aromatic rings. The van der Waals surface area contributed by atoms with Crippen molar-refractivity contribution in [3.05, 3.63) is 48.2 Å². The number of hydrogen-bond acceptors (Lipinski definition) is 4. The summed E-state index contributed by atoms with van der Waals surface area (Å²) in [6, 6.07) is 10.9. The van der Waals surface area contributed by atoms with Crippen LogP contribution in [0.1, 0.15) is 18.4 Å². The van der Waals surface area contributed by atoms with Gasteiger partial charge in [0.2, 0.25) is 0 Å². The van der Waals surface area contributed by atoms with Crippen LogP contribution in [0.4, 0.5) is 16.3 Å². The third kappa shape index (κ3) is 4.16. The van der Waals surface area contributed by atoms with E-state index in [-0.39, 0.29) is 6.03 Å². The molecule has 2 amide bonds. The summed E-state index contributed by atoms with van der Waals surface area (Å²) in [5.41, 5.74) is 1.76. The SMILES string of the molecule is COc1ccc(NC(=O)NCc2ccnc(N3CCCC3)c2)cc1. The summed E-state index contributed by atoms with van der Waals surface area (Å²) in [4.78, 5) is 18.7. The molecule has 2 heterocycles. The maximum Gasteiger partial charge on any atom is 0.319 e. The maximum atomic E-state index is 12.0. The number of amides is 2. The highest BCUT2D eigenvalue weighted by atomic mass is 16.5. The van der Waals surface area contributed by atoms with Crippen molar-refractivity contribution in [2.75, 3.05) is 30.4 Å². The number of ether oxygens (including phenoxy) is 1. The van der Waals surface area contributed by atoms with Crippen LogP contribution >= 0.6 is 0 Å². The summed E-state index contributed by atoms with van der Waals surface area (Å²) >= 11 is 0. The van der Waals surface area contributed by atoms with E-state index in [0.29, 0.717) is 6.54 Å². The van der Waals surface area contributed by atoms with Gasteiger partial charge in [-0.05, 0) is 54.8 Å². The zero-order valence-electron chi connectivity index (χ0n) is 13.8. The normalized spacial score (nSPS) is 13.6. The number of carbonyl (C=O) groups is 1. The second-order valence-electron chi connectivity index (χ2n) is 5.75. The Morgan fingerprint density at radius 1 is 1.21 bits per heavy atom. The second kappa shape index (κ2) is 7.68. The quantitative estimate of drug-likeness (QED) is 0.886. The molecular weight excluding hydrogens is 304 g/mol. The van der Waals surface area contributed by atoms with Crippen molar-refractivity contribution < 1.29 is 9.53 Å². The fourth-order valence-electron chi connectivity index (χ4n) is 2.72. The lowest BCUT2D eigenvalue weighted by atomic mass is 10.2. The number of pyridine rings is 1. The lowest BCUT2D eigenvalue weighted by Crippen LogP contribution is -2.28. The number of aromatic nitrogens is 1. The van der Waals surface area contributed by atoms with Crippen molar-refractivity contribution in [1.82, 2.24) is 10.3 Å². The zero-order valence-corrected chi connectivity index (χ0v) is 13.8. The molecule has 6 heteroatoms. The van der Waals surface area contributed by atoms with Gasteiger partial charge in [0.25, 0.3) is 0 Å². The first-order chi connectivity index (χ1) is 11.7. The minimum Gasteiger partial charge on any atom is -0.497 e. The standard InChI is InChI=1S/C18H22N4O2/c1-24-16-6-4-15(5-7-16)21-18(23)20-13-14-8-9-19-17(12-14)22-10-2-3-11-22/h4-9,12H,2-3,10-11,13H2,1H3,(H2,20,21,23). The Labute approximate surface area is 141 Å². The molecule has 3 rings (SSSR count). The van der Waals surface area contributed by atoms with Gasteiger partial charge in [-0.1, -0.05) is 0 Å². The van der Waals surface area contributed by atoms with Gasteiger partial charge in [0.05, 0.1) is 7.11 Å². The number of hydrogen-bond donors (Lipinski definition) is 2. The third-order valence-electron chi connectivity index (χ3n) is 4.04. The van der Waals surface area contributed by atoms with E-state index in [0.717, 1.165) is 35.9 Å². The van der Waals surface area contributed by atoms with Gasteiger partial charge >= 0.3 is 6.03 Å². The molecule has 1 aliphatic rings. The van der Waals surface area contributed by atoms with Crippen LogP contribution in [-0.2, 0) is 6.54 Å². The van der Waals surface area contributed by atoms with Crippen LogP contribution < -0.4 is 20.3 Å². The molecule has 0 radical (unpaired) electrons. The first-order valence-corrected chi connectivity index (χ1v) is 8.13. The molecule has 0 saturated carbocycles. The van der Waals surface area contributed by atoms with Crippen molar-refractivity contribution in [2.24, 2.45) is 0 Å². The molecule has 1 aromatic heterocycles. The smallest absolute Gasteiger partial charge is 0.319 e. The number of methoxy groups -OCH3 is 1. The van der Waals surface area contributed by atoms with E-state index in [4.69, 9.17) is 4.74 Å². The van der Waals surface area contributed by atoms with Gasteiger partial charge in [-0.3, -0.25) is 0 Å². The van der Waals surface area contributed by atoms with Gasteiger partial charge in [-0.25, -0.2) is 9.78 Å². The van der Waals surface area contributed by atoms with Crippen molar-refractivity contribution in [3.63, 3.8) is 0 Å². The largest absolute Gasteiger partial charge is 0.497 e. The number of nitrogens with zero attached hydrogens (tertiary/aromatic N) is 2. The van der Waals surface area contributed by atoms with E-state index in [9.17, 15) is 4.79 Å². The Kier molecular flexibility index (Phi) is 5.15. The summed E-state index contributed by atoms with van der Waals surface area (Å²) in [5.74, 6) is 1.74. The van der Waals surface area contributed by atoms with Gasteiger partial charge in [0.1, 0.15) is 11.6 Å². The van der Waals surface area contributed by atoms with Crippen molar-refractivity contribution >= 4 is 17.5 Å². The van der Waals surface area contributed by atoms with E-state index in [1.54, 1.807) is 37.6 Å². The number of nitrogens with one attached hydrogen (secondary N) is 2. The molecule has 1 aliphatic heterocycles. The monoisotopic (exact) mass is 326 g/mol. The number of urea groups is 1. The van der Waals surface area contributed by atoms with E-state index in [2.05, 4.69) is 20.5 Å². The molecular formula is C18H22N4O2. The molecule has 2 N–H and O–H groups in total. The molecule has 0 bridgehead atoms. The highest BCUT2D eigenvalue weighted by molar-refractivity contribution is 5.89. The van der Waals surface area contributed by atoms with E-state index in [1.165, 1.54) is 12.8 Å². The molecule has 0 unspecified atom stereocenters. The van der Waals surface area contributed by atoms with Crippen molar-refractivity contribution in [3.8, 4) is 5.75 Å². The van der Waals surface area contributed by atoms with Crippen LogP contribution in [0.15, 0.2) is 42.6 Å². The first-order valence-electron chi connectivity index (χ1n) is 8.13. The molecule has 1 fully saturated rings. The predicted octanol–water partition coefficient (Wildman–Crippen LogP) is 3.01. The average Bonchev–Trinajstić information content (AvgIpc) is 3.16. The van der Waals surface area contributed by atoms with Crippen LogP contribution in [0.5, 0.6) is 5.75 Å². The molecule has 0 atom stereocenters. The van der Waals surface area contributed by atoms with Gasteiger partial charge in [0, 0.05) is 31.5 Å². The van der Waals surface area contributed by atoms with Crippen LogP contribution in [0.3, 0.4) is 0 Å². The predicted molar refractivity (Wildman–Crippen MR) is 94.5 cm³/mol. The summed E-state index contributed by atoms with van der Waals surface area (Å²) in [5, 5.41) is 5.67. The first kappa shape index (κ1) is 16.1. The Morgan fingerprint density at radius 2 is 1.96 bits per heavy atom. The Morgan fingerprint density at radius 3 is 2.67 bits per heavy atom. The molecule has 6 nitrogen and oxygen atoms in total. The minimum atomic E-state index is -0.236. The van der Waals surface area contributed by atoms with Crippen molar-refractivity contribution in [1.29, 1.82) is 0 Å². The Bertz CT molecular complexity index is 682. The van der Waals surface area contributed by atoms with Gasteiger partial charge in [0.15, 0.2) is 0 Å². The molecule has 0 aliphatic carbocycles. The third-order valence-corrected chi connectivity index (χ3v) is 4.04. The molecule has 1 aromatic carbocycles. The fourth-order valence-corrected chi connectivity index (χ4v) is 2.72. The highest BCUT2D eigenvalue weighted by Crippen LogP contribution is 2.18. The molecule has 24 heavy (non-hydrogen) atoms. The number of carbonyl (C=O) groups excluding carboxylic acids is 1. The molecule has 0 spiro atoms. The summed E-state index contributed by atoms with van der Waals surface area (Å²) < 4.78 is 5.09. The molecule has 126 valence electrons. The number of anilines is 2. The van der Waals surface area contributed by atoms with Gasteiger partial charge in [-0.2, -0.15) is 0 Å². The second-order valence-corrected chi connectivity index (χ2v) is 5.75. The maximum absolute atomic E-state index is 12.0. The summed E-state index contributed by atoms with van der Waals surface area (Å²) in [7, 11) is 1.61. The zero-order chi connectivity index (χ0) is 16.8.